The van der Waals surface area contributed by atoms with E-state index in [0.717, 1.165) is 35.5 Å². The average Bonchev–Trinajstić information content (AvgIpc) is 3.19. The molecule has 2 aliphatic heterocycles. The van der Waals surface area contributed by atoms with Gasteiger partial charge in [-0.15, -0.1) is 0 Å². The van der Waals surface area contributed by atoms with E-state index >= 15 is 0 Å². The third-order valence-corrected chi connectivity index (χ3v) is 11.9. The van der Waals surface area contributed by atoms with Crippen LogP contribution >= 0.6 is 0 Å². The van der Waals surface area contributed by atoms with Crippen molar-refractivity contribution in [3.63, 3.8) is 0 Å². The highest BCUT2D eigenvalue weighted by Gasteiger charge is 2.59. The minimum atomic E-state index is 0.102. The Hall–Kier alpha value is -0.340. The van der Waals surface area contributed by atoms with Crippen molar-refractivity contribution in [2.75, 3.05) is 6.54 Å². The fourth-order valence-corrected chi connectivity index (χ4v) is 10.0. The molecular weight excluding hydrogens is 378 g/mol. The molecule has 2 saturated heterocycles. The lowest BCUT2D eigenvalue weighted by Crippen LogP contribution is -2.48. The second kappa shape index (κ2) is 7.33. The largest absolute Gasteiger partial charge is 0.369 e. The molecule has 2 heteroatoms. The smallest absolute Gasteiger partial charge is 0.0765 e. The first-order chi connectivity index (χ1) is 14.8. The van der Waals surface area contributed by atoms with Gasteiger partial charge in [-0.25, -0.2) is 0 Å². The molecular formula is C29H47NO. The SMILES string of the molecule is CC1=C2C[C@H]3[C@@H](CC[C@@H]4C[C@H](C)CC[C@@]43C)[C@@H]2CCC2(C1)O[C@@H]1C[C@H](C)CN[C@H]1[C@H]2C. The van der Waals surface area contributed by atoms with Gasteiger partial charge < -0.3 is 10.1 Å². The van der Waals surface area contributed by atoms with Crippen molar-refractivity contribution in [1.82, 2.24) is 5.32 Å². The number of nitrogens with one attached hydrogen (secondary N) is 1. The molecule has 0 aromatic heterocycles. The van der Waals surface area contributed by atoms with Gasteiger partial charge in [0.25, 0.3) is 0 Å². The van der Waals surface area contributed by atoms with E-state index in [4.69, 9.17) is 4.74 Å². The predicted molar refractivity (Wildman–Crippen MR) is 128 cm³/mol. The normalized spacial score (nSPS) is 56.6. The Kier molecular flexibility index (Phi) is 5.01. The van der Waals surface area contributed by atoms with Gasteiger partial charge in [-0.05, 0) is 112 Å². The Bertz CT molecular complexity index is 758. The standard InChI is InChI=1S/C29H47NO/c1-17-8-10-28(5)21(12-17)6-7-23-22-9-11-29(15-19(3)24(22)14-25(23)28)20(4)27-26(31-29)13-18(2)16-30-27/h17-18,20-23,25-27,30H,6-16H2,1-5H3/t17-,18+,20-,21-,22+,23+,25+,26-,27+,28+,29?/m1/s1. The third kappa shape index (κ3) is 3.09. The van der Waals surface area contributed by atoms with Crippen LogP contribution in [0.25, 0.3) is 0 Å². The molecule has 4 aliphatic carbocycles. The van der Waals surface area contributed by atoms with Crippen LogP contribution in [0.15, 0.2) is 11.1 Å². The lowest BCUT2D eigenvalue weighted by molar-refractivity contribution is -0.0751. The van der Waals surface area contributed by atoms with Gasteiger partial charge in [0.1, 0.15) is 0 Å². The van der Waals surface area contributed by atoms with Crippen molar-refractivity contribution >= 4 is 0 Å². The maximum atomic E-state index is 7.05. The van der Waals surface area contributed by atoms with Crippen molar-refractivity contribution in [3.8, 4) is 0 Å². The van der Waals surface area contributed by atoms with Gasteiger partial charge in [0.2, 0.25) is 0 Å². The van der Waals surface area contributed by atoms with Crippen molar-refractivity contribution in [3.05, 3.63) is 11.1 Å². The molecule has 1 spiro atoms. The van der Waals surface area contributed by atoms with E-state index in [1.807, 2.05) is 5.57 Å². The molecule has 31 heavy (non-hydrogen) atoms. The zero-order chi connectivity index (χ0) is 21.5. The molecule has 0 bridgehead atoms. The lowest BCUT2D eigenvalue weighted by atomic mass is 9.51. The fraction of sp³-hybridized carbons (Fsp3) is 0.931. The maximum absolute atomic E-state index is 7.05. The van der Waals surface area contributed by atoms with Gasteiger partial charge in [0.05, 0.1) is 11.7 Å². The number of allylic oxidation sites excluding steroid dienone is 1. The number of rotatable bonds is 0. The second-order valence-corrected chi connectivity index (χ2v) is 13.5. The third-order valence-electron chi connectivity index (χ3n) is 11.9. The minimum absolute atomic E-state index is 0.102. The monoisotopic (exact) mass is 425 g/mol. The zero-order valence-electron chi connectivity index (χ0n) is 20.9. The van der Waals surface area contributed by atoms with Gasteiger partial charge in [-0.1, -0.05) is 45.3 Å². The summed E-state index contributed by atoms with van der Waals surface area (Å²) in [5.41, 5.74) is 4.36. The molecule has 0 aromatic carbocycles. The van der Waals surface area contributed by atoms with E-state index in [1.54, 1.807) is 5.57 Å². The van der Waals surface area contributed by atoms with Crippen molar-refractivity contribution in [2.45, 2.75) is 117 Å². The van der Waals surface area contributed by atoms with Crippen molar-refractivity contribution in [2.24, 2.45) is 46.8 Å². The minimum Gasteiger partial charge on any atom is -0.369 e. The molecule has 174 valence electrons. The van der Waals surface area contributed by atoms with E-state index in [0.29, 0.717) is 23.5 Å². The lowest BCUT2D eigenvalue weighted by Gasteiger charge is -2.54. The van der Waals surface area contributed by atoms with Gasteiger partial charge in [0, 0.05) is 12.0 Å². The Morgan fingerprint density at radius 2 is 1.81 bits per heavy atom. The molecule has 1 unspecified atom stereocenters. The Balaban J connectivity index is 1.27. The molecule has 6 rings (SSSR count). The summed E-state index contributed by atoms with van der Waals surface area (Å²) in [5.74, 6) is 6.16. The van der Waals surface area contributed by atoms with Gasteiger partial charge in [0.15, 0.2) is 0 Å². The summed E-state index contributed by atoms with van der Waals surface area (Å²) in [7, 11) is 0. The highest BCUT2D eigenvalue weighted by molar-refractivity contribution is 5.29. The van der Waals surface area contributed by atoms with Gasteiger partial charge >= 0.3 is 0 Å². The summed E-state index contributed by atoms with van der Waals surface area (Å²) in [4.78, 5) is 0. The van der Waals surface area contributed by atoms with Crippen molar-refractivity contribution in [1.29, 1.82) is 0 Å². The van der Waals surface area contributed by atoms with E-state index in [1.165, 1.54) is 70.8 Å². The molecule has 0 aromatic rings. The van der Waals surface area contributed by atoms with Crippen LogP contribution in [0.5, 0.6) is 0 Å². The summed E-state index contributed by atoms with van der Waals surface area (Å²) >= 11 is 0. The summed E-state index contributed by atoms with van der Waals surface area (Å²) in [5, 5.41) is 3.88. The van der Waals surface area contributed by atoms with E-state index in [-0.39, 0.29) is 5.60 Å². The highest BCUT2D eigenvalue weighted by atomic mass is 16.5. The van der Waals surface area contributed by atoms with Crippen LogP contribution in [-0.4, -0.2) is 24.3 Å². The number of ether oxygens (including phenoxy) is 1. The first-order valence-electron chi connectivity index (χ1n) is 13.9. The quantitative estimate of drug-likeness (QED) is 0.434. The molecule has 6 aliphatic rings. The summed E-state index contributed by atoms with van der Waals surface area (Å²) < 4.78 is 7.05. The topological polar surface area (TPSA) is 21.3 Å². The molecule has 2 nitrogen and oxygen atoms in total. The molecule has 0 radical (unpaired) electrons. The van der Waals surface area contributed by atoms with E-state index < -0.39 is 0 Å². The Labute approximate surface area is 191 Å². The maximum Gasteiger partial charge on any atom is 0.0765 e. The van der Waals surface area contributed by atoms with E-state index in [9.17, 15) is 0 Å². The Morgan fingerprint density at radius 1 is 0.968 bits per heavy atom. The fourth-order valence-electron chi connectivity index (χ4n) is 10.0. The predicted octanol–water partition coefficient (Wildman–Crippen LogP) is 6.75. The molecule has 1 N–H and O–H groups in total. The van der Waals surface area contributed by atoms with Crippen LogP contribution in [0.1, 0.15) is 98.8 Å². The number of fused-ring (bicyclic) bond motifs is 6. The molecule has 0 amide bonds. The Morgan fingerprint density at radius 3 is 2.65 bits per heavy atom. The average molecular weight is 426 g/mol. The van der Waals surface area contributed by atoms with Crippen molar-refractivity contribution < 1.29 is 4.74 Å². The number of piperidine rings is 1. The van der Waals surface area contributed by atoms with Crippen LogP contribution in [0.3, 0.4) is 0 Å². The van der Waals surface area contributed by atoms with E-state index in [2.05, 4.69) is 39.9 Å². The van der Waals surface area contributed by atoms with Gasteiger partial charge in [-0.2, -0.15) is 0 Å². The summed E-state index contributed by atoms with van der Waals surface area (Å²) in [6, 6.07) is 0.582. The van der Waals surface area contributed by atoms with Crippen LogP contribution in [0, 0.1) is 46.8 Å². The van der Waals surface area contributed by atoms with Crippen LogP contribution in [0.4, 0.5) is 0 Å². The molecule has 11 atom stereocenters. The molecule has 3 saturated carbocycles. The number of hydrogen-bond donors (Lipinski definition) is 1. The molecule has 5 fully saturated rings. The van der Waals surface area contributed by atoms with Crippen LogP contribution in [0.2, 0.25) is 0 Å². The van der Waals surface area contributed by atoms with Crippen LogP contribution in [-0.2, 0) is 4.74 Å². The summed E-state index contributed by atoms with van der Waals surface area (Å²) in [6.07, 6.45) is 14.5. The zero-order valence-corrected chi connectivity index (χ0v) is 20.9. The first-order valence-corrected chi connectivity index (χ1v) is 13.9. The summed E-state index contributed by atoms with van der Waals surface area (Å²) in [6.45, 7) is 13.8. The highest BCUT2D eigenvalue weighted by Crippen LogP contribution is 2.65. The van der Waals surface area contributed by atoms with Gasteiger partial charge in [-0.3, -0.25) is 0 Å². The van der Waals surface area contributed by atoms with Crippen LogP contribution < -0.4 is 5.32 Å². The molecule has 2 heterocycles. The second-order valence-electron chi connectivity index (χ2n) is 13.5. The first kappa shape index (κ1) is 21.2. The number of hydrogen-bond acceptors (Lipinski definition) is 2.